The van der Waals surface area contributed by atoms with Crippen LogP contribution in [0, 0.1) is 5.92 Å². The predicted molar refractivity (Wildman–Crippen MR) is 68.6 cm³/mol. The van der Waals surface area contributed by atoms with Gasteiger partial charge >= 0.3 is 0 Å². The normalized spacial score (nSPS) is 12.4. The summed E-state index contributed by atoms with van der Waals surface area (Å²) in [6.45, 7) is 2.92. The lowest BCUT2D eigenvalue weighted by Gasteiger charge is -2.10. The maximum absolute atomic E-state index is 11.5. The second-order valence-electron chi connectivity index (χ2n) is 3.64. The van der Waals surface area contributed by atoms with Crippen LogP contribution in [-0.4, -0.2) is 17.8 Å². The van der Waals surface area contributed by atoms with Crippen molar-refractivity contribution in [1.82, 2.24) is 5.32 Å². The number of alkyl halides is 1. The first kappa shape index (κ1) is 12.7. The van der Waals surface area contributed by atoms with E-state index in [0.717, 1.165) is 23.2 Å². The summed E-state index contributed by atoms with van der Waals surface area (Å²) in [5, 5.41) is 5.94. The Morgan fingerprint density at radius 1 is 1.67 bits per heavy atom. The Labute approximate surface area is 103 Å². The molecule has 0 saturated carbocycles. The Bertz CT molecular complexity index is 287. The first-order chi connectivity index (χ1) is 7.22. The lowest BCUT2D eigenvalue weighted by Crippen LogP contribution is -2.29. The topological polar surface area (TPSA) is 29.1 Å². The number of halogens is 1. The van der Waals surface area contributed by atoms with Gasteiger partial charge in [0.2, 0.25) is 5.91 Å². The van der Waals surface area contributed by atoms with E-state index in [4.69, 9.17) is 0 Å². The van der Waals surface area contributed by atoms with Crippen molar-refractivity contribution in [2.24, 2.45) is 5.92 Å². The molecular formula is C11H16BrNOS. The van der Waals surface area contributed by atoms with Crippen LogP contribution < -0.4 is 5.32 Å². The fourth-order valence-corrected chi connectivity index (χ4v) is 2.70. The van der Waals surface area contributed by atoms with Crippen molar-refractivity contribution in [3.05, 3.63) is 22.4 Å². The fourth-order valence-electron chi connectivity index (χ4n) is 1.21. The summed E-state index contributed by atoms with van der Waals surface area (Å²) < 4.78 is 0. The van der Waals surface area contributed by atoms with Crippen molar-refractivity contribution in [2.45, 2.75) is 19.8 Å². The smallest absolute Gasteiger partial charge is 0.225 e. The Morgan fingerprint density at radius 3 is 3.07 bits per heavy atom. The molecule has 84 valence electrons. The van der Waals surface area contributed by atoms with E-state index in [-0.39, 0.29) is 5.91 Å². The molecule has 1 rings (SSSR count). The number of nitrogens with one attached hydrogen (secondary N) is 1. The van der Waals surface area contributed by atoms with E-state index in [1.54, 1.807) is 11.3 Å². The molecular weight excluding hydrogens is 274 g/mol. The number of amides is 1. The molecule has 0 spiro atoms. The number of hydrogen-bond acceptors (Lipinski definition) is 2. The van der Waals surface area contributed by atoms with Crippen LogP contribution in [0.5, 0.6) is 0 Å². The van der Waals surface area contributed by atoms with Gasteiger partial charge in [0.05, 0.1) is 6.42 Å². The molecule has 0 fully saturated rings. The molecule has 1 amide bonds. The minimum atomic E-state index is 0.124. The van der Waals surface area contributed by atoms with E-state index in [1.807, 2.05) is 17.5 Å². The lowest BCUT2D eigenvalue weighted by molar-refractivity contribution is -0.120. The quantitative estimate of drug-likeness (QED) is 0.802. The molecule has 1 unspecified atom stereocenters. The van der Waals surface area contributed by atoms with Gasteiger partial charge in [-0.15, -0.1) is 11.3 Å². The third-order valence-corrected chi connectivity index (χ3v) is 3.50. The highest BCUT2D eigenvalue weighted by Crippen LogP contribution is 2.09. The van der Waals surface area contributed by atoms with Gasteiger partial charge in [0, 0.05) is 16.8 Å². The zero-order chi connectivity index (χ0) is 11.1. The second-order valence-corrected chi connectivity index (χ2v) is 5.47. The van der Waals surface area contributed by atoms with E-state index in [2.05, 4.69) is 28.2 Å². The van der Waals surface area contributed by atoms with Gasteiger partial charge in [0.25, 0.3) is 0 Å². The largest absolute Gasteiger partial charge is 0.356 e. The molecule has 1 aromatic rings. The minimum absolute atomic E-state index is 0.124. The molecule has 0 saturated heterocycles. The highest BCUT2D eigenvalue weighted by molar-refractivity contribution is 9.09. The number of carbonyl (C=O) groups excluding carboxylic acids is 1. The number of thiophene rings is 1. The molecule has 0 aliphatic heterocycles. The summed E-state index contributed by atoms with van der Waals surface area (Å²) >= 11 is 5.02. The van der Waals surface area contributed by atoms with Crippen molar-refractivity contribution in [1.29, 1.82) is 0 Å². The van der Waals surface area contributed by atoms with Crippen LogP contribution in [0.25, 0.3) is 0 Å². The van der Waals surface area contributed by atoms with Crippen LogP contribution in [0.1, 0.15) is 18.2 Å². The van der Waals surface area contributed by atoms with Gasteiger partial charge < -0.3 is 5.32 Å². The molecule has 0 aliphatic rings. The maximum atomic E-state index is 11.5. The Hall–Kier alpha value is -0.350. The minimum Gasteiger partial charge on any atom is -0.356 e. The van der Waals surface area contributed by atoms with Gasteiger partial charge in [-0.3, -0.25) is 4.79 Å². The summed E-state index contributed by atoms with van der Waals surface area (Å²) in [6, 6.07) is 3.97. The molecule has 0 bridgehead atoms. The summed E-state index contributed by atoms with van der Waals surface area (Å²) in [5.74, 6) is 0.663. The Kier molecular flexibility index (Phi) is 5.95. The Balaban J connectivity index is 2.19. The zero-order valence-electron chi connectivity index (χ0n) is 8.83. The highest BCUT2D eigenvalue weighted by Gasteiger charge is 2.06. The highest BCUT2D eigenvalue weighted by atomic mass is 79.9. The molecule has 15 heavy (non-hydrogen) atoms. The van der Waals surface area contributed by atoms with Gasteiger partial charge in [-0.05, 0) is 23.8 Å². The molecule has 1 aromatic heterocycles. The molecule has 4 heteroatoms. The lowest BCUT2D eigenvalue weighted by atomic mass is 10.1. The van der Waals surface area contributed by atoms with Crippen LogP contribution in [0.4, 0.5) is 0 Å². The summed E-state index contributed by atoms with van der Waals surface area (Å²) in [7, 11) is 0. The number of rotatable bonds is 6. The van der Waals surface area contributed by atoms with Gasteiger partial charge in [-0.2, -0.15) is 0 Å². The zero-order valence-corrected chi connectivity index (χ0v) is 11.2. The van der Waals surface area contributed by atoms with Gasteiger partial charge in [0.15, 0.2) is 0 Å². The molecule has 0 aliphatic carbocycles. The average Bonchev–Trinajstić information content (AvgIpc) is 2.68. The molecule has 2 nitrogen and oxygen atoms in total. The average molecular weight is 290 g/mol. The van der Waals surface area contributed by atoms with Crippen molar-refractivity contribution < 1.29 is 4.79 Å². The van der Waals surface area contributed by atoms with Gasteiger partial charge in [-0.1, -0.05) is 28.9 Å². The van der Waals surface area contributed by atoms with Gasteiger partial charge in [0.1, 0.15) is 0 Å². The Morgan fingerprint density at radius 2 is 2.47 bits per heavy atom. The summed E-state index contributed by atoms with van der Waals surface area (Å²) in [5.41, 5.74) is 0. The summed E-state index contributed by atoms with van der Waals surface area (Å²) in [6.07, 6.45) is 1.61. The van der Waals surface area contributed by atoms with E-state index in [9.17, 15) is 4.79 Å². The van der Waals surface area contributed by atoms with Crippen LogP contribution in [0.2, 0.25) is 0 Å². The van der Waals surface area contributed by atoms with E-state index < -0.39 is 0 Å². The fraction of sp³-hybridized carbons (Fsp3) is 0.545. The third kappa shape index (κ3) is 5.33. The second kappa shape index (κ2) is 7.01. The van der Waals surface area contributed by atoms with E-state index in [1.165, 1.54) is 0 Å². The monoisotopic (exact) mass is 289 g/mol. The molecule has 1 heterocycles. The molecule has 0 aromatic carbocycles. The first-order valence-electron chi connectivity index (χ1n) is 5.07. The van der Waals surface area contributed by atoms with Crippen LogP contribution >= 0.6 is 27.3 Å². The maximum Gasteiger partial charge on any atom is 0.225 e. The SMILES string of the molecule is CC(CCBr)CNC(=O)Cc1cccs1. The predicted octanol–water partition coefficient (Wildman–Crippen LogP) is 2.83. The van der Waals surface area contributed by atoms with Crippen molar-refractivity contribution in [2.75, 3.05) is 11.9 Å². The molecule has 1 atom stereocenters. The summed E-state index contributed by atoms with van der Waals surface area (Å²) in [4.78, 5) is 12.6. The van der Waals surface area contributed by atoms with Crippen LogP contribution in [0.15, 0.2) is 17.5 Å². The van der Waals surface area contributed by atoms with Crippen LogP contribution in [0.3, 0.4) is 0 Å². The number of hydrogen-bond donors (Lipinski definition) is 1. The first-order valence-corrected chi connectivity index (χ1v) is 7.07. The standard InChI is InChI=1S/C11H16BrNOS/c1-9(4-5-12)8-13-11(14)7-10-3-2-6-15-10/h2-3,6,9H,4-5,7-8H2,1H3,(H,13,14). The van der Waals surface area contributed by atoms with E-state index in [0.29, 0.717) is 12.3 Å². The van der Waals surface area contributed by atoms with Crippen LogP contribution in [-0.2, 0) is 11.2 Å². The third-order valence-electron chi connectivity index (χ3n) is 2.16. The van der Waals surface area contributed by atoms with Crippen molar-refractivity contribution in [3.8, 4) is 0 Å². The number of carbonyl (C=O) groups is 1. The van der Waals surface area contributed by atoms with Crippen molar-refractivity contribution in [3.63, 3.8) is 0 Å². The van der Waals surface area contributed by atoms with Crippen molar-refractivity contribution >= 4 is 33.2 Å². The molecule has 1 N–H and O–H groups in total. The molecule has 0 radical (unpaired) electrons. The van der Waals surface area contributed by atoms with Gasteiger partial charge in [-0.25, -0.2) is 0 Å². The van der Waals surface area contributed by atoms with E-state index >= 15 is 0 Å².